The van der Waals surface area contributed by atoms with E-state index in [1.807, 2.05) is 0 Å². The number of nitrogens with zero attached hydrogens (tertiary/aromatic N) is 3. The van der Waals surface area contributed by atoms with E-state index in [0.717, 1.165) is 10.4 Å². The first-order valence-corrected chi connectivity index (χ1v) is 7.64. The van der Waals surface area contributed by atoms with Crippen LogP contribution in [0, 0.1) is 0 Å². The van der Waals surface area contributed by atoms with E-state index >= 15 is 0 Å². The molecular weight excluding hydrogens is 335 g/mol. The quantitative estimate of drug-likeness (QED) is 0.833. The summed E-state index contributed by atoms with van der Waals surface area (Å²) < 4.78 is 46.7. The van der Waals surface area contributed by atoms with Gasteiger partial charge in [-0.1, -0.05) is 5.16 Å². The second-order valence-corrected chi connectivity index (χ2v) is 5.99. The van der Waals surface area contributed by atoms with Crippen molar-refractivity contribution in [3.05, 3.63) is 22.4 Å². The summed E-state index contributed by atoms with van der Waals surface area (Å²) in [4.78, 5) is 18.1. The van der Waals surface area contributed by atoms with E-state index in [1.165, 1.54) is 11.3 Å². The molecule has 0 unspecified atom stereocenters. The average molecular weight is 347 g/mol. The molecule has 6 nitrogen and oxygen atoms in total. The van der Waals surface area contributed by atoms with Crippen LogP contribution in [0.1, 0.15) is 23.3 Å². The van der Waals surface area contributed by atoms with E-state index < -0.39 is 18.2 Å². The van der Waals surface area contributed by atoms with Crippen molar-refractivity contribution in [3.63, 3.8) is 0 Å². The lowest BCUT2D eigenvalue weighted by Crippen LogP contribution is -2.35. The molecule has 1 amide bonds. The average Bonchev–Trinajstić information content (AvgIpc) is 3.12. The topological polar surface area (TPSA) is 68.5 Å². The largest absolute Gasteiger partial charge is 0.471 e. The van der Waals surface area contributed by atoms with Crippen LogP contribution in [0.4, 0.5) is 18.0 Å². The van der Waals surface area contributed by atoms with E-state index in [1.54, 1.807) is 17.9 Å². The molecule has 0 saturated heterocycles. The summed E-state index contributed by atoms with van der Waals surface area (Å²) in [6.07, 6.45) is -4.45. The third-order valence-corrected chi connectivity index (χ3v) is 4.46. The van der Waals surface area contributed by atoms with Crippen molar-refractivity contribution in [1.29, 1.82) is 0 Å². The van der Waals surface area contributed by atoms with Gasteiger partial charge in [-0.25, -0.2) is 4.79 Å². The van der Waals surface area contributed by atoms with Crippen LogP contribution in [-0.4, -0.2) is 34.3 Å². The number of carbonyl (C=O) groups excluding carboxylic acids is 1. The number of hydrogen-bond acceptors (Lipinski definition) is 6. The van der Waals surface area contributed by atoms with Crippen LogP contribution in [0.3, 0.4) is 0 Å². The fraction of sp³-hybridized carbons (Fsp3) is 0.462. The van der Waals surface area contributed by atoms with Crippen LogP contribution in [0.25, 0.3) is 10.7 Å². The molecule has 23 heavy (non-hydrogen) atoms. The number of alkyl halides is 3. The van der Waals surface area contributed by atoms with E-state index in [0.29, 0.717) is 31.0 Å². The predicted molar refractivity (Wildman–Crippen MR) is 73.7 cm³/mol. The molecule has 0 fully saturated rings. The summed E-state index contributed by atoms with van der Waals surface area (Å²) in [5.41, 5.74) is 0.976. The molecule has 3 heterocycles. The summed E-state index contributed by atoms with van der Waals surface area (Å²) in [7, 11) is 0. The second kappa shape index (κ2) is 5.84. The van der Waals surface area contributed by atoms with Crippen LogP contribution in [-0.2, 0) is 23.9 Å². The number of hydrogen-bond donors (Lipinski definition) is 0. The number of aromatic nitrogens is 2. The zero-order valence-corrected chi connectivity index (χ0v) is 12.8. The van der Waals surface area contributed by atoms with Crippen molar-refractivity contribution in [1.82, 2.24) is 15.0 Å². The smallest absolute Gasteiger partial charge is 0.450 e. The third-order valence-electron chi connectivity index (χ3n) is 3.30. The van der Waals surface area contributed by atoms with Crippen LogP contribution in [0.5, 0.6) is 0 Å². The Kier molecular flexibility index (Phi) is 4.00. The van der Waals surface area contributed by atoms with Crippen molar-refractivity contribution in [2.24, 2.45) is 0 Å². The Balaban J connectivity index is 1.81. The molecular formula is C13H12F3N3O3S. The lowest BCUT2D eigenvalue weighted by atomic mass is 10.1. The molecule has 1 aliphatic heterocycles. The van der Waals surface area contributed by atoms with Gasteiger partial charge in [-0.15, -0.1) is 11.3 Å². The van der Waals surface area contributed by atoms with Gasteiger partial charge in [-0.3, -0.25) is 0 Å². The normalized spacial score (nSPS) is 14.7. The first kappa shape index (κ1) is 15.8. The number of amides is 1. The van der Waals surface area contributed by atoms with E-state index in [9.17, 15) is 18.0 Å². The fourth-order valence-electron chi connectivity index (χ4n) is 2.24. The van der Waals surface area contributed by atoms with Gasteiger partial charge in [-0.2, -0.15) is 18.2 Å². The van der Waals surface area contributed by atoms with Crippen molar-refractivity contribution in [2.75, 3.05) is 13.2 Å². The van der Waals surface area contributed by atoms with Gasteiger partial charge in [0.05, 0.1) is 18.0 Å². The van der Waals surface area contributed by atoms with Crippen LogP contribution < -0.4 is 0 Å². The number of ether oxygens (including phenoxy) is 1. The Morgan fingerprint density at radius 2 is 2.30 bits per heavy atom. The van der Waals surface area contributed by atoms with E-state index in [-0.39, 0.29) is 5.82 Å². The Morgan fingerprint density at radius 3 is 2.96 bits per heavy atom. The SMILES string of the molecule is CCOC(=O)N1CCc2cc(-c3noc(C(F)(F)F)n3)sc2C1. The summed E-state index contributed by atoms with van der Waals surface area (Å²) in [5, 5.41) is 3.38. The molecule has 0 aromatic carbocycles. The van der Waals surface area contributed by atoms with Gasteiger partial charge in [0.15, 0.2) is 0 Å². The molecule has 10 heteroatoms. The van der Waals surface area contributed by atoms with Crippen LogP contribution in [0.2, 0.25) is 0 Å². The minimum atomic E-state index is -4.66. The van der Waals surface area contributed by atoms with Crippen molar-refractivity contribution >= 4 is 17.4 Å². The maximum Gasteiger partial charge on any atom is 0.471 e. The molecule has 0 bridgehead atoms. The lowest BCUT2D eigenvalue weighted by Gasteiger charge is -2.25. The number of carbonyl (C=O) groups is 1. The summed E-state index contributed by atoms with van der Waals surface area (Å²) in [5.74, 6) is -1.47. The maximum absolute atomic E-state index is 12.5. The molecule has 0 spiro atoms. The van der Waals surface area contributed by atoms with Crippen LogP contribution in [0.15, 0.2) is 10.6 Å². The molecule has 0 atom stereocenters. The van der Waals surface area contributed by atoms with Crippen LogP contribution >= 0.6 is 11.3 Å². The number of thiophene rings is 1. The van der Waals surface area contributed by atoms with E-state index in [4.69, 9.17) is 4.74 Å². The van der Waals surface area contributed by atoms with Gasteiger partial charge < -0.3 is 14.2 Å². The minimum Gasteiger partial charge on any atom is -0.450 e. The Hall–Kier alpha value is -2.10. The molecule has 0 aliphatic carbocycles. The number of halogens is 3. The number of fused-ring (bicyclic) bond motifs is 1. The highest BCUT2D eigenvalue weighted by atomic mass is 32.1. The summed E-state index contributed by atoms with van der Waals surface area (Å²) >= 11 is 1.25. The highest BCUT2D eigenvalue weighted by Crippen LogP contribution is 2.35. The fourth-order valence-corrected chi connectivity index (χ4v) is 3.39. The number of rotatable bonds is 2. The van der Waals surface area contributed by atoms with Gasteiger partial charge in [0.1, 0.15) is 0 Å². The van der Waals surface area contributed by atoms with Gasteiger partial charge in [-0.05, 0) is 25.0 Å². The predicted octanol–water partition coefficient (Wildman–Crippen LogP) is 3.33. The first-order chi connectivity index (χ1) is 10.9. The third kappa shape index (κ3) is 3.16. The van der Waals surface area contributed by atoms with Gasteiger partial charge in [0.25, 0.3) is 0 Å². The second-order valence-electron chi connectivity index (χ2n) is 4.85. The summed E-state index contributed by atoms with van der Waals surface area (Å²) in [6, 6.07) is 1.74. The first-order valence-electron chi connectivity index (χ1n) is 6.83. The molecule has 1 aliphatic rings. The molecule has 2 aromatic heterocycles. The van der Waals surface area contributed by atoms with Crippen molar-refractivity contribution < 1.29 is 27.2 Å². The molecule has 124 valence electrons. The molecule has 0 radical (unpaired) electrons. The van der Waals surface area contributed by atoms with Gasteiger partial charge in [0, 0.05) is 11.4 Å². The van der Waals surface area contributed by atoms with Gasteiger partial charge >= 0.3 is 18.2 Å². The standard InChI is InChI=1S/C13H12F3N3O3S/c1-2-21-12(20)19-4-3-7-5-8(23-9(7)6-19)10-17-11(22-18-10)13(14,15)16/h5H,2-4,6H2,1H3. The molecule has 0 N–H and O–H groups in total. The molecule has 3 rings (SSSR count). The van der Waals surface area contributed by atoms with Crippen molar-refractivity contribution in [2.45, 2.75) is 26.1 Å². The maximum atomic E-state index is 12.5. The highest BCUT2D eigenvalue weighted by molar-refractivity contribution is 7.15. The monoisotopic (exact) mass is 347 g/mol. The highest BCUT2D eigenvalue weighted by Gasteiger charge is 2.38. The van der Waals surface area contributed by atoms with E-state index in [2.05, 4.69) is 14.7 Å². The Bertz CT molecular complexity index is 726. The Morgan fingerprint density at radius 1 is 1.52 bits per heavy atom. The lowest BCUT2D eigenvalue weighted by molar-refractivity contribution is -0.159. The van der Waals surface area contributed by atoms with Crippen molar-refractivity contribution in [3.8, 4) is 10.7 Å². The molecule has 0 saturated carbocycles. The summed E-state index contributed by atoms with van der Waals surface area (Å²) in [6.45, 7) is 2.89. The van der Waals surface area contributed by atoms with Gasteiger partial charge in [0.2, 0.25) is 5.82 Å². The zero-order chi connectivity index (χ0) is 16.6. The minimum absolute atomic E-state index is 0.0978. The molecule has 2 aromatic rings. The zero-order valence-electron chi connectivity index (χ0n) is 12.0. The Labute approximate surface area is 132 Å².